The number of aryl methyl sites for hydroxylation is 2. The molecule has 0 bridgehead atoms. The van der Waals surface area contributed by atoms with E-state index in [0.29, 0.717) is 6.54 Å². The second-order valence-corrected chi connectivity index (χ2v) is 6.34. The summed E-state index contributed by atoms with van der Waals surface area (Å²) in [6, 6.07) is 1.96. The number of aromatic nitrogens is 1. The molecule has 0 atom stereocenters. The number of Topliss-reactive ketones (excluding diaryl/α,β-unsaturated/α-hetero) is 1. The van der Waals surface area contributed by atoms with Gasteiger partial charge in [-0.05, 0) is 34.0 Å². The first kappa shape index (κ1) is 16.2. The predicted molar refractivity (Wildman–Crippen MR) is 86.0 cm³/mol. The molecule has 0 amide bonds. The molecule has 0 saturated carbocycles. The van der Waals surface area contributed by atoms with Crippen molar-refractivity contribution in [2.24, 2.45) is 0 Å². The molecule has 0 aromatic carbocycles. The number of carbonyl (C=O) groups is 1. The van der Waals surface area contributed by atoms with Crippen molar-refractivity contribution in [3.05, 3.63) is 23.0 Å². The number of piperazine rings is 1. The summed E-state index contributed by atoms with van der Waals surface area (Å²) < 4.78 is 0. The maximum Gasteiger partial charge on any atom is 0.178 e. The molecule has 5 nitrogen and oxygen atoms in total. The lowest BCUT2D eigenvalue weighted by atomic mass is 10.1. The maximum atomic E-state index is 12.4. The molecule has 1 fully saturated rings. The number of hydrogen-bond donors (Lipinski definition) is 1. The van der Waals surface area contributed by atoms with Gasteiger partial charge in [-0.3, -0.25) is 14.6 Å². The average Bonchev–Trinajstić information content (AvgIpc) is 2.77. The van der Waals surface area contributed by atoms with Crippen LogP contribution in [0.3, 0.4) is 0 Å². The first-order chi connectivity index (χ1) is 9.95. The number of nitrogens with one attached hydrogen (secondary N) is 1. The van der Waals surface area contributed by atoms with Gasteiger partial charge in [0, 0.05) is 56.2 Å². The van der Waals surface area contributed by atoms with E-state index in [9.17, 15) is 4.79 Å². The minimum Gasteiger partial charge on any atom is -0.362 e. The summed E-state index contributed by atoms with van der Waals surface area (Å²) >= 11 is 0. The Hall–Kier alpha value is -1.17. The van der Waals surface area contributed by atoms with Crippen LogP contribution in [-0.2, 0) is 0 Å². The molecule has 1 N–H and O–H groups in total. The van der Waals surface area contributed by atoms with Crippen LogP contribution in [0.2, 0.25) is 0 Å². The van der Waals surface area contributed by atoms with Gasteiger partial charge in [-0.25, -0.2) is 0 Å². The zero-order valence-corrected chi connectivity index (χ0v) is 13.8. The van der Waals surface area contributed by atoms with Crippen molar-refractivity contribution in [3.63, 3.8) is 0 Å². The minimum atomic E-state index is 0.235. The molecule has 1 aromatic rings. The van der Waals surface area contributed by atoms with E-state index in [1.165, 1.54) is 0 Å². The number of aromatic amines is 1. The van der Waals surface area contributed by atoms with E-state index in [-0.39, 0.29) is 5.78 Å². The number of carbonyl (C=O) groups excluding carboxylic acids is 1. The quantitative estimate of drug-likeness (QED) is 0.794. The van der Waals surface area contributed by atoms with Gasteiger partial charge in [0.25, 0.3) is 0 Å². The van der Waals surface area contributed by atoms with Gasteiger partial charge < -0.3 is 9.88 Å². The van der Waals surface area contributed by atoms with Gasteiger partial charge in [0.05, 0.1) is 6.54 Å². The summed E-state index contributed by atoms with van der Waals surface area (Å²) in [6.07, 6.45) is 0. The fraction of sp³-hybridized carbons (Fsp3) is 0.688. The molecule has 2 heterocycles. The molecule has 1 aliphatic heterocycles. The highest BCUT2D eigenvalue weighted by atomic mass is 16.1. The lowest BCUT2D eigenvalue weighted by molar-refractivity contribution is 0.0844. The summed E-state index contributed by atoms with van der Waals surface area (Å²) in [5.41, 5.74) is 2.90. The lowest BCUT2D eigenvalue weighted by Gasteiger charge is -2.34. The number of rotatable bonds is 6. The normalized spacial score (nSPS) is 17.6. The second kappa shape index (κ2) is 7.20. The highest BCUT2D eigenvalue weighted by Crippen LogP contribution is 2.11. The summed E-state index contributed by atoms with van der Waals surface area (Å²) in [4.78, 5) is 22.5. The molecular weight excluding hydrogens is 264 g/mol. The van der Waals surface area contributed by atoms with Crippen molar-refractivity contribution in [2.45, 2.75) is 13.8 Å². The Kier molecular flexibility index (Phi) is 5.56. The standard InChI is InChI=1S/C16H28N4O/c1-13-11-15(14(2)17-13)16(21)12-20-9-7-19(8-10-20)6-5-18(3)4/h11,17H,5-10,12H2,1-4H3. The van der Waals surface area contributed by atoms with Crippen LogP contribution >= 0.6 is 0 Å². The van der Waals surface area contributed by atoms with Crippen LogP contribution in [0.1, 0.15) is 21.7 Å². The molecule has 1 saturated heterocycles. The third-order valence-electron chi connectivity index (χ3n) is 4.15. The first-order valence-electron chi connectivity index (χ1n) is 7.74. The second-order valence-electron chi connectivity index (χ2n) is 6.34. The van der Waals surface area contributed by atoms with E-state index in [2.05, 4.69) is 33.8 Å². The minimum absolute atomic E-state index is 0.235. The summed E-state index contributed by atoms with van der Waals surface area (Å²) in [5.74, 6) is 0.235. The Balaban J connectivity index is 1.78. The monoisotopic (exact) mass is 292 g/mol. The maximum absolute atomic E-state index is 12.4. The summed E-state index contributed by atoms with van der Waals surface area (Å²) in [5, 5.41) is 0. The predicted octanol–water partition coefficient (Wildman–Crippen LogP) is 0.993. The summed E-state index contributed by atoms with van der Waals surface area (Å²) in [7, 11) is 4.21. The highest BCUT2D eigenvalue weighted by molar-refractivity contribution is 5.98. The van der Waals surface area contributed by atoms with E-state index in [1.807, 2.05) is 19.9 Å². The first-order valence-corrected chi connectivity index (χ1v) is 7.74. The molecule has 0 spiro atoms. The Morgan fingerprint density at radius 3 is 2.33 bits per heavy atom. The summed E-state index contributed by atoms with van der Waals surface area (Å²) in [6.45, 7) is 10.8. The number of nitrogens with zero attached hydrogens (tertiary/aromatic N) is 3. The van der Waals surface area contributed by atoms with Gasteiger partial charge in [-0.15, -0.1) is 0 Å². The lowest BCUT2D eigenvalue weighted by Crippen LogP contribution is -2.49. The number of H-pyrrole nitrogens is 1. The zero-order chi connectivity index (χ0) is 15.4. The van der Waals surface area contributed by atoms with Crippen molar-refractivity contribution in [1.29, 1.82) is 0 Å². The van der Waals surface area contributed by atoms with E-state index in [4.69, 9.17) is 0 Å². The van der Waals surface area contributed by atoms with Gasteiger partial charge >= 0.3 is 0 Å². The fourth-order valence-corrected chi connectivity index (χ4v) is 2.81. The van der Waals surface area contributed by atoms with Crippen LogP contribution in [-0.4, -0.2) is 85.4 Å². The van der Waals surface area contributed by atoms with E-state index in [1.54, 1.807) is 0 Å². The smallest absolute Gasteiger partial charge is 0.178 e. The van der Waals surface area contributed by atoms with Crippen molar-refractivity contribution in [3.8, 4) is 0 Å². The molecule has 0 radical (unpaired) electrons. The van der Waals surface area contributed by atoms with Gasteiger partial charge in [0.1, 0.15) is 0 Å². The topological polar surface area (TPSA) is 42.6 Å². The molecule has 0 unspecified atom stereocenters. The van der Waals surface area contributed by atoms with Crippen molar-refractivity contribution < 1.29 is 4.79 Å². The van der Waals surface area contributed by atoms with Crippen LogP contribution in [0, 0.1) is 13.8 Å². The molecule has 2 rings (SSSR count). The van der Waals surface area contributed by atoms with E-state index in [0.717, 1.165) is 56.2 Å². The van der Waals surface area contributed by atoms with Crippen molar-refractivity contribution in [1.82, 2.24) is 19.7 Å². The van der Waals surface area contributed by atoms with E-state index < -0.39 is 0 Å². The van der Waals surface area contributed by atoms with Gasteiger partial charge in [0.15, 0.2) is 5.78 Å². The third-order valence-corrected chi connectivity index (χ3v) is 4.15. The number of likely N-dealkylation sites (N-methyl/N-ethyl adjacent to an activating group) is 1. The van der Waals surface area contributed by atoms with E-state index >= 15 is 0 Å². The molecule has 118 valence electrons. The van der Waals surface area contributed by atoms with Crippen LogP contribution in [0.15, 0.2) is 6.07 Å². The van der Waals surface area contributed by atoms with Crippen LogP contribution in [0.5, 0.6) is 0 Å². The zero-order valence-electron chi connectivity index (χ0n) is 13.8. The Labute approximate surface area is 127 Å². The van der Waals surface area contributed by atoms with Crippen LogP contribution < -0.4 is 0 Å². The van der Waals surface area contributed by atoms with Crippen molar-refractivity contribution >= 4 is 5.78 Å². The number of hydrogen-bond acceptors (Lipinski definition) is 4. The molecule has 1 aromatic heterocycles. The Morgan fingerprint density at radius 1 is 1.19 bits per heavy atom. The number of ketones is 1. The Bertz CT molecular complexity index is 473. The van der Waals surface area contributed by atoms with Crippen molar-refractivity contribution in [2.75, 3.05) is 59.9 Å². The van der Waals surface area contributed by atoms with Gasteiger partial charge in [0.2, 0.25) is 0 Å². The fourth-order valence-electron chi connectivity index (χ4n) is 2.81. The largest absolute Gasteiger partial charge is 0.362 e. The molecular formula is C16H28N4O. The third kappa shape index (κ3) is 4.66. The van der Waals surface area contributed by atoms with Gasteiger partial charge in [-0.2, -0.15) is 0 Å². The van der Waals surface area contributed by atoms with Crippen LogP contribution in [0.4, 0.5) is 0 Å². The van der Waals surface area contributed by atoms with Crippen LogP contribution in [0.25, 0.3) is 0 Å². The molecule has 1 aliphatic rings. The molecule has 5 heteroatoms. The van der Waals surface area contributed by atoms with Gasteiger partial charge in [-0.1, -0.05) is 0 Å². The average molecular weight is 292 g/mol. The molecule has 0 aliphatic carbocycles. The SMILES string of the molecule is Cc1cc(C(=O)CN2CCN(CCN(C)C)CC2)c(C)[nH]1. The molecule has 21 heavy (non-hydrogen) atoms. The highest BCUT2D eigenvalue weighted by Gasteiger charge is 2.20. The Morgan fingerprint density at radius 2 is 1.81 bits per heavy atom.